The van der Waals surface area contributed by atoms with Crippen LogP contribution in [-0.2, 0) is 26.6 Å². The Morgan fingerprint density at radius 3 is 2.44 bits per heavy atom. The number of nitrogens with one attached hydrogen (secondary N) is 1. The minimum absolute atomic E-state index is 0.0645. The van der Waals surface area contributed by atoms with Gasteiger partial charge in [-0.15, -0.1) is 0 Å². The molecule has 0 saturated carbocycles. The van der Waals surface area contributed by atoms with E-state index in [0.29, 0.717) is 11.4 Å². The van der Waals surface area contributed by atoms with Gasteiger partial charge in [0.15, 0.2) is 6.61 Å². The van der Waals surface area contributed by atoms with Gasteiger partial charge in [0, 0.05) is 12.1 Å². The molecule has 0 unspecified atom stereocenters. The molecule has 0 spiro atoms. The van der Waals surface area contributed by atoms with E-state index in [1.807, 2.05) is 0 Å². The molecule has 3 N–H and O–H groups in total. The molecule has 10 nitrogen and oxygen atoms in total. The highest BCUT2D eigenvalue weighted by atomic mass is 35.5. The Kier molecular flexibility index (Phi) is 6.42. The summed E-state index contributed by atoms with van der Waals surface area (Å²) in [6.07, 6.45) is 0. The molecule has 0 radical (unpaired) electrons. The number of rotatable bonds is 7. The van der Waals surface area contributed by atoms with Crippen molar-refractivity contribution in [1.29, 1.82) is 0 Å². The summed E-state index contributed by atoms with van der Waals surface area (Å²) in [5, 5.41) is -0.0645. The summed E-state index contributed by atoms with van der Waals surface area (Å²) in [4.78, 5) is 35.5. The van der Waals surface area contributed by atoms with E-state index in [-0.39, 0.29) is 21.2 Å². The molecular weight excluding hydrogens is 460 g/mol. The number of nitrogens with zero attached hydrogens (tertiary/aromatic N) is 2. The molecule has 168 valence electrons. The van der Waals surface area contributed by atoms with E-state index in [4.69, 9.17) is 22.1 Å². The molecule has 2 aromatic carbocycles. The zero-order chi connectivity index (χ0) is 23.6. The predicted molar refractivity (Wildman–Crippen MR) is 117 cm³/mol. The minimum Gasteiger partial charge on any atom is -0.452 e. The molecule has 32 heavy (non-hydrogen) atoms. The van der Waals surface area contributed by atoms with Crippen molar-refractivity contribution < 1.29 is 22.7 Å². The number of para-hydroxylation sites is 1. The number of aromatic nitrogens is 2. The number of esters is 1. The third-order valence-electron chi connectivity index (χ3n) is 4.55. The third kappa shape index (κ3) is 4.68. The van der Waals surface area contributed by atoms with Crippen molar-refractivity contribution in [2.75, 3.05) is 11.3 Å². The molecule has 1 aromatic heterocycles. The number of nitrogens with two attached hydrogens (primary N) is 1. The second kappa shape index (κ2) is 8.89. The SMILES string of the molecule is Cc1c(NS(=O)(=O)c2cc(Cl)cc(C(=O)OCC(N)=O)c2)c(=O)n(-c2ccccc2)n1C. The first-order chi connectivity index (χ1) is 15.0. The number of carbonyl (C=O) groups is 2. The molecule has 12 heteroatoms. The normalized spacial score (nSPS) is 11.2. The summed E-state index contributed by atoms with van der Waals surface area (Å²) < 4.78 is 35.8. The van der Waals surface area contributed by atoms with Crippen LogP contribution in [0.3, 0.4) is 0 Å². The first-order valence-electron chi connectivity index (χ1n) is 9.14. The largest absolute Gasteiger partial charge is 0.452 e. The Bertz CT molecular complexity index is 1360. The fraction of sp³-hybridized carbons (Fsp3) is 0.150. The van der Waals surface area contributed by atoms with Gasteiger partial charge in [-0.3, -0.25) is 19.0 Å². The van der Waals surface area contributed by atoms with Gasteiger partial charge in [-0.25, -0.2) is 17.9 Å². The van der Waals surface area contributed by atoms with E-state index >= 15 is 0 Å². The number of hydrogen-bond donors (Lipinski definition) is 2. The Morgan fingerprint density at radius 1 is 1.16 bits per heavy atom. The molecule has 1 heterocycles. The summed E-state index contributed by atoms with van der Waals surface area (Å²) in [5.74, 6) is -1.85. The van der Waals surface area contributed by atoms with Gasteiger partial charge in [0.2, 0.25) is 0 Å². The van der Waals surface area contributed by atoms with Gasteiger partial charge < -0.3 is 10.5 Å². The maximum absolute atomic E-state index is 13.0. The van der Waals surface area contributed by atoms with E-state index in [9.17, 15) is 22.8 Å². The number of halogens is 1. The molecular formula is C20H19ClN4O6S. The molecule has 0 atom stereocenters. The van der Waals surface area contributed by atoms with Crippen molar-refractivity contribution in [3.8, 4) is 5.69 Å². The monoisotopic (exact) mass is 478 g/mol. The Morgan fingerprint density at radius 2 is 1.81 bits per heavy atom. The topological polar surface area (TPSA) is 142 Å². The highest BCUT2D eigenvalue weighted by molar-refractivity contribution is 7.92. The van der Waals surface area contributed by atoms with Crippen molar-refractivity contribution in [2.45, 2.75) is 11.8 Å². The van der Waals surface area contributed by atoms with Crippen LogP contribution in [0.15, 0.2) is 58.2 Å². The number of amides is 1. The van der Waals surface area contributed by atoms with Crippen LogP contribution in [0, 0.1) is 6.92 Å². The molecule has 3 aromatic rings. The first-order valence-corrected chi connectivity index (χ1v) is 11.0. The van der Waals surface area contributed by atoms with Crippen molar-refractivity contribution in [3.63, 3.8) is 0 Å². The van der Waals surface area contributed by atoms with Crippen molar-refractivity contribution >= 4 is 39.2 Å². The number of sulfonamides is 1. The fourth-order valence-electron chi connectivity index (χ4n) is 2.93. The van der Waals surface area contributed by atoms with Crippen LogP contribution in [0.4, 0.5) is 5.69 Å². The molecule has 0 fully saturated rings. The van der Waals surface area contributed by atoms with Gasteiger partial charge in [-0.2, -0.15) is 0 Å². The molecule has 0 aliphatic heterocycles. The number of carbonyl (C=O) groups excluding carboxylic acids is 2. The lowest BCUT2D eigenvalue weighted by molar-refractivity contribution is -0.121. The van der Waals surface area contributed by atoms with Crippen LogP contribution in [0.1, 0.15) is 16.1 Å². The number of ether oxygens (including phenoxy) is 1. The van der Waals surface area contributed by atoms with Gasteiger partial charge >= 0.3 is 5.97 Å². The highest BCUT2D eigenvalue weighted by Crippen LogP contribution is 2.23. The minimum atomic E-state index is -4.31. The summed E-state index contributed by atoms with van der Waals surface area (Å²) in [7, 11) is -2.70. The zero-order valence-electron chi connectivity index (χ0n) is 17.0. The fourth-order valence-corrected chi connectivity index (χ4v) is 4.42. The number of anilines is 1. The Labute approximate surface area is 188 Å². The maximum Gasteiger partial charge on any atom is 0.338 e. The van der Waals surface area contributed by atoms with Crippen molar-refractivity contribution in [2.24, 2.45) is 12.8 Å². The summed E-state index contributed by atoms with van der Waals surface area (Å²) in [6, 6.07) is 12.0. The van der Waals surface area contributed by atoms with Gasteiger partial charge in [0.1, 0.15) is 5.69 Å². The Balaban J connectivity index is 2.00. The third-order valence-corrected chi connectivity index (χ3v) is 6.10. The lowest BCUT2D eigenvalue weighted by atomic mass is 10.2. The predicted octanol–water partition coefficient (Wildman–Crippen LogP) is 1.58. The van der Waals surface area contributed by atoms with Gasteiger partial charge in [0.05, 0.1) is 21.8 Å². The van der Waals surface area contributed by atoms with E-state index < -0.39 is 34.1 Å². The smallest absolute Gasteiger partial charge is 0.338 e. The molecule has 0 aliphatic rings. The standard InChI is InChI=1S/C20H19ClN4O6S/c1-12-18(19(27)25(24(12)2)15-6-4-3-5-7-15)23-32(29,30)16-9-13(8-14(21)10-16)20(28)31-11-17(22)26/h3-10,23H,11H2,1-2H3,(H2,22,26). The molecule has 1 amide bonds. The van der Waals surface area contributed by atoms with Gasteiger partial charge in [-0.05, 0) is 37.3 Å². The van der Waals surface area contributed by atoms with Crippen LogP contribution in [0.5, 0.6) is 0 Å². The number of hydrogen-bond acceptors (Lipinski definition) is 6. The second-order valence-corrected chi connectivity index (χ2v) is 8.88. The van der Waals surface area contributed by atoms with E-state index in [1.165, 1.54) is 15.4 Å². The maximum atomic E-state index is 13.0. The first kappa shape index (κ1) is 23.1. The van der Waals surface area contributed by atoms with Gasteiger partial charge in [-0.1, -0.05) is 29.8 Å². The lowest BCUT2D eigenvalue weighted by Crippen LogP contribution is -2.23. The van der Waals surface area contributed by atoms with Crippen LogP contribution < -0.4 is 16.0 Å². The number of benzene rings is 2. The zero-order valence-corrected chi connectivity index (χ0v) is 18.6. The van der Waals surface area contributed by atoms with Crippen LogP contribution in [-0.4, -0.2) is 36.3 Å². The molecule has 3 rings (SSSR count). The van der Waals surface area contributed by atoms with Crippen molar-refractivity contribution in [1.82, 2.24) is 9.36 Å². The lowest BCUT2D eigenvalue weighted by Gasteiger charge is -2.09. The average Bonchev–Trinajstić information content (AvgIpc) is 2.95. The van der Waals surface area contributed by atoms with E-state index in [1.54, 1.807) is 44.3 Å². The summed E-state index contributed by atoms with van der Waals surface area (Å²) in [5.41, 5.74) is 4.91. The van der Waals surface area contributed by atoms with E-state index in [2.05, 4.69) is 4.72 Å². The summed E-state index contributed by atoms with van der Waals surface area (Å²) >= 11 is 5.98. The highest BCUT2D eigenvalue weighted by Gasteiger charge is 2.24. The average molecular weight is 479 g/mol. The van der Waals surface area contributed by atoms with Crippen molar-refractivity contribution in [3.05, 3.63) is 75.2 Å². The van der Waals surface area contributed by atoms with Gasteiger partial charge in [0.25, 0.3) is 21.5 Å². The molecule has 0 saturated heterocycles. The molecule has 0 bridgehead atoms. The summed E-state index contributed by atoms with van der Waals surface area (Å²) in [6.45, 7) is 0.914. The van der Waals surface area contributed by atoms with Crippen LogP contribution in [0.25, 0.3) is 5.69 Å². The quantitative estimate of drug-likeness (QED) is 0.493. The van der Waals surface area contributed by atoms with Crippen LogP contribution >= 0.6 is 11.6 Å². The number of primary amides is 1. The Hall–Kier alpha value is -3.57. The van der Waals surface area contributed by atoms with Crippen LogP contribution in [0.2, 0.25) is 5.02 Å². The second-order valence-electron chi connectivity index (χ2n) is 6.76. The van der Waals surface area contributed by atoms with E-state index in [0.717, 1.165) is 12.1 Å². The molecule has 0 aliphatic carbocycles.